The highest BCUT2D eigenvalue weighted by molar-refractivity contribution is 8.13. The number of carbonyl (C=O) groups is 4. The molecule has 0 saturated heterocycles. The molecule has 0 spiro atoms. The molecule has 414 valence electrons. The van der Waals surface area contributed by atoms with Crippen molar-refractivity contribution < 1.29 is 42.5 Å². The zero-order chi connectivity index (χ0) is 58.3. The number of aryl methyl sites for hydroxylation is 2. The molecular formula is C60H56Cl4N6O9S. The largest absolute Gasteiger partial charge is 0.507 e. The summed E-state index contributed by atoms with van der Waals surface area (Å²) in [6, 6.07) is 56.7. The van der Waals surface area contributed by atoms with Crippen LogP contribution in [0.25, 0.3) is 0 Å². The van der Waals surface area contributed by atoms with E-state index in [0.29, 0.717) is 44.8 Å². The summed E-state index contributed by atoms with van der Waals surface area (Å²) in [5, 5.41) is 28.1. The average Bonchev–Trinajstić information content (AvgIpc) is 3.42. The normalized spacial score (nSPS) is 10.4. The van der Waals surface area contributed by atoms with Gasteiger partial charge in [0.25, 0.3) is 9.05 Å². The third-order valence-corrected chi connectivity index (χ3v) is 12.5. The zero-order valence-corrected chi connectivity index (χ0v) is 47.0. The van der Waals surface area contributed by atoms with Crippen molar-refractivity contribution in [2.24, 2.45) is 16.0 Å². The average molecular weight is 1180 g/mol. The number of amides is 3. The lowest BCUT2D eigenvalue weighted by Crippen LogP contribution is -2.31. The number of carbonyl (C=O) groups excluding carboxylic acids is 4. The van der Waals surface area contributed by atoms with Crippen molar-refractivity contribution in [3.8, 4) is 17.2 Å². The van der Waals surface area contributed by atoms with Crippen LogP contribution in [-0.2, 0) is 49.3 Å². The van der Waals surface area contributed by atoms with Crippen LogP contribution in [0.1, 0.15) is 54.9 Å². The van der Waals surface area contributed by atoms with E-state index in [1.54, 1.807) is 109 Å². The number of hydrazone groups is 2. The predicted molar refractivity (Wildman–Crippen MR) is 317 cm³/mol. The van der Waals surface area contributed by atoms with E-state index >= 15 is 0 Å². The minimum absolute atomic E-state index is 0.0347. The molecule has 8 aromatic carbocycles. The van der Waals surface area contributed by atoms with Crippen LogP contribution in [0.5, 0.6) is 17.2 Å². The number of hydrogen-bond donors (Lipinski definition) is 6. The molecule has 15 nitrogen and oxygen atoms in total. The zero-order valence-electron chi connectivity index (χ0n) is 43.2. The summed E-state index contributed by atoms with van der Waals surface area (Å²) >= 11 is 17.5. The molecule has 0 aliphatic rings. The molecule has 0 saturated carbocycles. The maximum Gasteiger partial charge on any atom is 0.261 e. The van der Waals surface area contributed by atoms with E-state index in [1.807, 2.05) is 67.6 Å². The van der Waals surface area contributed by atoms with E-state index in [0.717, 1.165) is 33.4 Å². The third kappa shape index (κ3) is 25.4. The minimum atomic E-state index is -3.55. The van der Waals surface area contributed by atoms with Gasteiger partial charge in [0.2, 0.25) is 17.7 Å². The van der Waals surface area contributed by atoms with Crippen LogP contribution in [0.2, 0.25) is 15.1 Å². The second-order valence-corrected chi connectivity index (χ2v) is 20.7. The molecule has 0 unspecified atom stereocenters. The summed E-state index contributed by atoms with van der Waals surface area (Å²) in [5.74, 6) is 5.09. The van der Waals surface area contributed by atoms with Crippen molar-refractivity contribution in [3.63, 3.8) is 0 Å². The first-order valence-electron chi connectivity index (χ1n) is 24.0. The molecule has 0 aliphatic heterocycles. The maximum atomic E-state index is 12.0. The van der Waals surface area contributed by atoms with Gasteiger partial charge in [-0.05, 0) is 121 Å². The highest BCUT2D eigenvalue weighted by Gasteiger charge is 2.09. The molecule has 3 amide bonds. The van der Waals surface area contributed by atoms with Gasteiger partial charge in [0.05, 0.1) is 42.2 Å². The molecule has 80 heavy (non-hydrogen) atoms. The quantitative estimate of drug-likeness (QED) is 0.0142. The maximum absolute atomic E-state index is 12.0. The summed E-state index contributed by atoms with van der Waals surface area (Å²) in [6.45, 7) is 4.40. The lowest BCUT2D eigenvalue weighted by molar-refractivity contribution is -0.121. The van der Waals surface area contributed by atoms with Crippen molar-refractivity contribution in [2.75, 3.05) is 0 Å². The van der Waals surface area contributed by atoms with E-state index in [9.17, 15) is 32.7 Å². The number of benzene rings is 8. The van der Waals surface area contributed by atoms with Crippen LogP contribution < -0.4 is 26.9 Å². The van der Waals surface area contributed by atoms with Crippen LogP contribution in [0.15, 0.2) is 209 Å². The summed E-state index contributed by atoms with van der Waals surface area (Å²) in [7, 11) is 1.54. The van der Waals surface area contributed by atoms with Gasteiger partial charge in [-0.3, -0.25) is 24.6 Å². The Hall–Kier alpha value is -8.35. The number of nitrogens with zero attached hydrogens (tertiary/aromatic N) is 2. The first kappa shape index (κ1) is 64.2. The van der Waals surface area contributed by atoms with Gasteiger partial charge in [0.1, 0.15) is 23.9 Å². The van der Waals surface area contributed by atoms with Gasteiger partial charge in [0.15, 0.2) is 6.29 Å². The number of hydrogen-bond acceptors (Lipinski definition) is 12. The number of para-hydroxylation sites is 3. The van der Waals surface area contributed by atoms with Crippen LogP contribution in [-0.4, -0.2) is 55.1 Å². The molecule has 0 heterocycles. The highest BCUT2D eigenvalue weighted by atomic mass is 35.7. The Morgan fingerprint density at radius 3 is 1.34 bits per heavy atom. The smallest absolute Gasteiger partial charge is 0.261 e. The number of phenols is 2. The van der Waals surface area contributed by atoms with Crippen molar-refractivity contribution >= 4 is 91.0 Å². The fourth-order valence-electron chi connectivity index (χ4n) is 6.42. The van der Waals surface area contributed by atoms with Gasteiger partial charge < -0.3 is 14.9 Å². The monoisotopic (exact) mass is 1180 g/mol. The number of aromatic hydroxyl groups is 2. The van der Waals surface area contributed by atoms with Crippen molar-refractivity contribution in [3.05, 3.63) is 259 Å². The number of nitrogens with two attached hydrogens (primary N) is 1. The second kappa shape index (κ2) is 34.5. The molecule has 0 aromatic heterocycles. The number of hydrazine groups is 1. The predicted octanol–water partition coefficient (Wildman–Crippen LogP) is 11.7. The van der Waals surface area contributed by atoms with Crippen molar-refractivity contribution in [2.45, 2.75) is 44.6 Å². The Labute approximate surface area is 484 Å². The molecule has 0 atom stereocenters. The topological polar surface area (TPSA) is 239 Å². The first-order valence-corrected chi connectivity index (χ1v) is 27.4. The Morgan fingerprint density at radius 2 is 0.925 bits per heavy atom. The molecule has 0 aliphatic carbocycles. The lowest BCUT2D eigenvalue weighted by Gasteiger charge is -2.09. The number of phenolic OH excluding ortho intramolecular Hbond substituents is 2. The van der Waals surface area contributed by atoms with Gasteiger partial charge in [-0.25, -0.2) is 25.1 Å². The van der Waals surface area contributed by atoms with E-state index in [1.165, 1.54) is 30.0 Å². The standard InChI is InChI=1S/C23H21ClN2O2.C15H13ClN2O2.C8H9ClN2O.C7H7ClO2S.C7H6O2/c1-17-9-11-18(12-10-17)16-28-22-8-3-2-6-20(22)15-25-26-23(27)14-19-5-4-7-21(24)13-19;16-13-6-3-4-11(8-13)9-15(20)18-17-10-12-5-1-2-7-14(12)19;9-7-3-1-2-6(4-7)5-8(12)11-10;1-6-2-4-7(5-3-6)11(8,9)10;8-5-6-3-1-2-4-7(6)9/h2-13,15H,14,16H2,1H3,(H,26,27);1-8,10,19H,9H2,(H,18,20);1-4H,5,10H2,(H,11,12);2-5H,1H3;1-5,9H/b25-15+;17-10+;;;. The van der Waals surface area contributed by atoms with Crippen molar-refractivity contribution in [1.82, 2.24) is 16.3 Å². The highest BCUT2D eigenvalue weighted by Crippen LogP contribution is 2.20. The molecule has 0 fully saturated rings. The summed E-state index contributed by atoms with van der Waals surface area (Å²) in [5.41, 5.74) is 14.5. The molecule has 8 aromatic rings. The van der Waals surface area contributed by atoms with Crippen LogP contribution in [0.4, 0.5) is 0 Å². The van der Waals surface area contributed by atoms with E-state index in [-0.39, 0.29) is 53.4 Å². The number of nitrogens with one attached hydrogen (secondary N) is 3. The molecule has 20 heteroatoms. The summed E-state index contributed by atoms with van der Waals surface area (Å²) in [4.78, 5) is 44.7. The Kier molecular flexibility index (Phi) is 27.7. The van der Waals surface area contributed by atoms with Gasteiger partial charge in [-0.2, -0.15) is 10.2 Å². The Bertz CT molecular complexity index is 3460. The molecule has 0 radical (unpaired) electrons. The number of ether oxygens (including phenoxy) is 1. The van der Waals surface area contributed by atoms with E-state index in [4.69, 9.17) is 61.2 Å². The van der Waals surface area contributed by atoms with E-state index in [2.05, 4.69) is 45.5 Å². The molecule has 0 bridgehead atoms. The minimum Gasteiger partial charge on any atom is -0.507 e. The molecular weight excluding hydrogens is 1120 g/mol. The van der Waals surface area contributed by atoms with E-state index < -0.39 is 9.05 Å². The summed E-state index contributed by atoms with van der Waals surface area (Å²) in [6.07, 6.45) is 4.26. The van der Waals surface area contributed by atoms with Crippen LogP contribution in [0.3, 0.4) is 0 Å². The van der Waals surface area contributed by atoms with Gasteiger partial charge >= 0.3 is 0 Å². The van der Waals surface area contributed by atoms with Gasteiger partial charge in [-0.1, -0.05) is 155 Å². The molecule has 8 rings (SSSR count). The van der Waals surface area contributed by atoms with Gasteiger partial charge in [-0.15, -0.1) is 0 Å². The Morgan fingerprint density at radius 1 is 0.525 bits per heavy atom. The SMILES string of the molecule is Cc1ccc(COc2ccccc2/C=N/NC(=O)Cc2cccc(Cl)c2)cc1.Cc1ccc(S(=O)(=O)Cl)cc1.NNC(=O)Cc1cccc(Cl)c1.O=C(Cc1cccc(Cl)c1)N/N=C/c1ccccc1O.O=Cc1ccccc1O. The van der Waals surface area contributed by atoms with Gasteiger partial charge in [0, 0.05) is 36.9 Å². The van der Waals surface area contributed by atoms with Crippen LogP contribution >= 0.6 is 45.5 Å². The number of aldehydes is 1. The summed E-state index contributed by atoms with van der Waals surface area (Å²) < 4.78 is 27.3. The lowest BCUT2D eigenvalue weighted by atomic mass is 10.1. The number of rotatable bonds is 15. The molecule has 7 N–H and O–H groups in total. The Balaban J connectivity index is 0.000000231. The fourth-order valence-corrected chi connectivity index (χ4v) is 7.83. The second-order valence-electron chi connectivity index (χ2n) is 16.9. The van der Waals surface area contributed by atoms with Crippen molar-refractivity contribution in [1.29, 1.82) is 0 Å². The number of halogens is 4. The third-order valence-electron chi connectivity index (χ3n) is 10.4. The fraction of sp³-hybridized carbons (Fsp3) is 0.100. The first-order chi connectivity index (χ1) is 38.3. The van der Waals surface area contributed by atoms with Crippen LogP contribution in [0, 0.1) is 13.8 Å².